The molecule has 0 fully saturated rings. The first-order valence-electron chi connectivity index (χ1n) is 8.68. The Bertz CT molecular complexity index is 970. The van der Waals surface area contributed by atoms with Gasteiger partial charge in [-0.25, -0.2) is 4.79 Å². The van der Waals surface area contributed by atoms with Crippen LogP contribution in [0.1, 0.15) is 34.6 Å². The van der Waals surface area contributed by atoms with E-state index in [4.69, 9.17) is 4.74 Å². The minimum atomic E-state index is -1.16. The molecular formula is C20H21N3O6. The normalized spacial score (nSPS) is 11.3. The van der Waals surface area contributed by atoms with Gasteiger partial charge < -0.3 is 15.0 Å². The molecule has 0 aliphatic heterocycles. The highest BCUT2D eigenvalue weighted by Crippen LogP contribution is 2.28. The number of ether oxygens (including phenoxy) is 1. The summed E-state index contributed by atoms with van der Waals surface area (Å²) in [6, 6.07) is 10.3. The molecule has 0 unspecified atom stereocenters. The number of amides is 1. The lowest BCUT2D eigenvalue weighted by Crippen LogP contribution is -2.30. The van der Waals surface area contributed by atoms with Crippen LogP contribution >= 0.6 is 0 Å². The molecule has 0 spiro atoms. The fraction of sp³-hybridized carbons (Fsp3) is 0.250. The van der Waals surface area contributed by atoms with Crippen LogP contribution in [0.15, 0.2) is 42.5 Å². The van der Waals surface area contributed by atoms with Gasteiger partial charge in [-0.2, -0.15) is 0 Å². The Morgan fingerprint density at radius 2 is 1.79 bits per heavy atom. The van der Waals surface area contributed by atoms with E-state index in [0.29, 0.717) is 16.9 Å². The van der Waals surface area contributed by atoms with Gasteiger partial charge in [0.25, 0.3) is 11.6 Å². The van der Waals surface area contributed by atoms with Crippen molar-refractivity contribution in [3.05, 3.63) is 63.7 Å². The number of hydrogen-bond acceptors (Lipinski definition) is 7. The quantitative estimate of drug-likeness (QED) is 0.329. The van der Waals surface area contributed by atoms with E-state index in [-0.39, 0.29) is 17.0 Å². The molecule has 0 aromatic heterocycles. The van der Waals surface area contributed by atoms with Crippen LogP contribution in [-0.2, 0) is 9.53 Å². The number of nitro groups is 1. The molecule has 1 atom stereocenters. The second-order valence-electron chi connectivity index (χ2n) is 6.53. The Morgan fingerprint density at radius 3 is 2.38 bits per heavy atom. The molecule has 0 saturated carbocycles. The van der Waals surface area contributed by atoms with Crippen LogP contribution in [-0.4, -0.2) is 42.8 Å². The second-order valence-corrected chi connectivity index (χ2v) is 6.53. The average molecular weight is 399 g/mol. The summed E-state index contributed by atoms with van der Waals surface area (Å²) >= 11 is 0. The first-order chi connectivity index (χ1) is 13.6. The summed E-state index contributed by atoms with van der Waals surface area (Å²) in [5.74, 6) is -1.61. The molecule has 0 heterocycles. The Balaban J connectivity index is 2.11. The van der Waals surface area contributed by atoms with E-state index in [0.717, 1.165) is 6.07 Å². The van der Waals surface area contributed by atoms with Crippen molar-refractivity contribution in [3.63, 3.8) is 0 Å². The van der Waals surface area contributed by atoms with Gasteiger partial charge >= 0.3 is 5.97 Å². The third kappa shape index (κ3) is 5.38. The summed E-state index contributed by atoms with van der Waals surface area (Å²) in [5.41, 5.74) is 0.864. The highest BCUT2D eigenvalue weighted by Gasteiger charge is 2.23. The van der Waals surface area contributed by atoms with Crippen LogP contribution < -0.4 is 10.2 Å². The van der Waals surface area contributed by atoms with Crippen LogP contribution in [0.5, 0.6) is 0 Å². The molecule has 0 bridgehead atoms. The fourth-order valence-corrected chi connectivity index (χ4v) is 2.52. The predicted molar refractivity (Wildman–Crippen MR) is 107 cm³/mol. The van der Waals surface area contributed by atoms with Crippen LogP contribution in [0.25, 0.3) is 0 Å². The topological polar surface area (TPSA) is 119 Å². The molecule has 2 aromatic carbocycles. The lowest BCUT2D eigenvalue weighted by Gasteiger charge is -2.15. The van der Waals surface area contributed by atoms with Crippen molar-refractivity contribution >= 4 is 34.7 Å². The Labute approximate surface area is 167 Å². The monoisotopic (exact) mass is 399 g/mol. The molecule has 0 aliphatic carbocycles. The Hall–Kier alpha value is -3.75. The van der Waals surface area contributed by atoms with E-state index in [1.165, 1.54) is 32.0 Å². The standard InChI is InChI=1S/C20H21N3O6/c1-12(24)14-6-5-7-16(10-14)21-19(25)13(2)29-20(26)15-8-9-17(22(3)4)18(11-15)23(27)28/h5-11,13H,1-4H3,(H,21,25)/t13-/m0/s1. The third-order valence-electron chi connectivity index (χ3n) is 4.08. The number of anilines is 2. The average Bonchev–Trinajstić information content (AvgIpc) is 2.67. The number of Topliss-reactive ketones (excluding diaryl/α,β-unsaturated/α-hetero) is 1. The number of esters is 1. The van der Waals surface area contributed by atoms with Gasteiger partial charge in [-0.05, 0) is 38.1 Å². The summed E-state index contributed by atoms with van der Waals surface area (Å²) < 4.78 is 5.13. The van der Waals surface area contributed by atoms with E-state index in [9.17, 15) is 24.5 Å². The number of hydrogen-bond donors (Lipinski definition) is 1. The number of nitro benzene ring substituents is 1. The third-order valence-corrected chi connectivity index (χ3v) is 4.08. The number of benzene rings is 2. The summed E-state index contributed by atoms with van der Waals surface area (Å²) in [5, 5.41) is 13.8. The number of carbonyl (C=O) groups excluding carboxylic acids is 3. The maximum absolute atomic E-state index is 12.3. The maximum atomic E-state index is 12.3. The molecule has 0 radical (unpaired) electrons. The molecule has 2 aromatic rings. The van der Waals surface area contributed by atoms with Crippen LogP contribution in [0.4, 0.5) is 17.1 Å². The van der Waals surface area contributed by atoms with Gasteiger partial charge in [0, 0.05) is 31.4 Å². The zero-order chi connectivity index (χ0) is 21.7. The van der Waals surface area contributed by atoms with Gasteiger partial charge in [0.15, 0.2) is 11.9 Å². The van der Waals surface area contributed by atoms with Crippen molar-refractivity contribution < 1.29 is 24.0 Å². The molecule has 1 N–H and O–H groups in total. The van der Waals surface area contributed by atoms with E-state index in [1.807, 2.05) is 0 Å². The zero-order valence-electron chi connectivity index (χ0n) is 16.5. The van der Waals surface area contributed by atoms with Crippen LogP contribution in [0.2, 0.25) is 0 Å². The molecule has 0 aliphatic rings. The molecule has 152 valence electrons. The molecule has 2 rings (SSSR count). The van der Waals surface area contributed by atoms with Crippen molar-refractivity contribution in [2.24, 2.45) is 0 Å². The molecule has 9 heteroatoms. The molecular weight excluding hydrogens is 378 g/mol. The predicted octanol–water partition coefficient (Wildman–Crippen LogP) is 3.05. The molecule has 9 nitrogen and oxygen atoms in total. The van der Waals surface area contributed by atoms with Crippen LogP contribution in [0, 0.1) is 10.1 Å². The minimum Gasteiger partial charge on any atom is -0.449 e. The SMILES string of the molecule is CC(=O)c1cccc(NC(=O)[C@H](C)OC(=O)c2ccc(N(C)C)c([N+](=O)[O-])c2)c1. The number of nitrogens with one attached hydrogen (secondary N) is 1. The zero-order valence-corrected chi connectivity index (χ0v) is 16.5. The van der Waals surface area contributed by atoms with Crippen molar-refractivity contribution in [1.82, 2.24) is 0 Å². The smallest absolute Gasteiger partial charge is 0.339 e. The van der Waals surface area contributed by atoms with Gasteiger partial charge in [0.1, 0.15) is 5.69 Å². The van der Waals surface area contributed by atoms with E-state index >= 15 is 0 Å². The highest BCUT2D eigenvalue weighted by molar-refractivity contribution is 5.99. The first-order valence-corrected chi connectivity index (χ1v) is 8.68. The lowest BCUT2D eigenvalue weighted by atomic mass is 10.1. The fourth-order valence-electron chi connectivity index (χ4n) is 2.52. The first kappa shape index (κ1) is 21.5. The lowest BCUT2D eigenvalue weighted by molar-refractivity contribution is -0.384. The Morgan fingerprint density at radius 1 is 1.10 bits per heavy atom. The number of ketones is 1. The van der Waals surface area contributed by atoms with E-state index in [2.05, 4.69) is 5.32 Å². The molecule has 1 amide bonds. The van der Waals surface area contributed by atoms with Gasteiger partial charge in [-0.3, -0.25) is 19.7 Å². The number of nitrogens with zero attached hydrogens (tertiary/aromatic N) is 2. The van der Waals surface area contributed by atoms with Crippen molar-refractivity contribution in [2.45, 2.75) is 20.0 Å². The summed E-state index contributed by atoms with van der Waals surface area (Å²) in [7, 11) is 3.29. The second kappa shape index (κ2) is 8.96. The van der Waals surface area contributed by atoms with Gasteiger partial charge in [0.2, 0.25) is 0 Å². The van der Waals surface area contributed by atoms with Crippen molar-refractivity contribution in [1.29, 1.82) is 0 Å². The Kier molecular flexibility index (Phi) is 6.66. The van der Waals surface area contributed by atoms with Crippen molar-refractivity contribution in [2.75, 3.05) is 24.3 Å². The van der Waals surface area contributed by atoms with Crippen LogP contribution in [0.3, 0.4) is 0 Å². The number of carbonyl (C=O) groups is 3. The summed E-state index contributed by atoms with van der Waals surface area (Å²) in [4.78, 5) is 48.3. The summed E-state index contributed by atoms with van der Waals surface area (Å²) in [6.45, 7) is 2.79. The minimum absolute atomic E-state index is 0.0412. The summed E-state index contributed by atoms with van der Waals surface area (Å²) in [6.07, 6.45) is -1.16. The highest BCUT2D eigenvalue weighted by atomic mass is 16.6. The van der Waals surface area contributed by atoms with Gasteiger partial charge in [-0.1, -0.05) is 12.1 Å². The van der Waals surface area contributed by atoms with Gasteiger partial charge in [0.05, 0.1) is 10.5 Å². The largest absolute Gasteiger partial charge is 0.449 e. The van der Waals surface area contributed by atoms with Gasteiger partial charge in [-0.15, -0.1) is 0 Å². The van der Waals surface area contributed by atoms with Crippen molar-refractivity contribution in [3.8, 4) is 0 Å². The number of rotatable bonds is 7. The van der Waals surface area contributed by atoms with E-state index < -0.39 is 22.9 Å². The van der Waals surface area contributed by atoms with E-state index in [1.54, 1.807) is 37.2 Å². The molecule has 0 saturated heterocycles. The molecule has 29 heavy (non-hydrogen) atoms. The maximum Gasteiger partial charge on any atom is 0.339 e.